The van der Waals surface area contributed by atoms with Crippen LogP contribution in [0.5, 0.6) is 0 Å². The molecule has 0 N–H and O–H groups in total. The number of rotatable bonds is 4. The fourth-order valence-corrected chi connectivity index (χ4v) is 4.82. The number of carbonyl (C=O) groups excluding carboxylic acids is 2. The smallest absolute Gasteiger partial charge is 0.410 e. The number of ether oxygens (including phenoxy) is 3. The van der Waals surface area contributed by atoms with Crippen molar-refractivity contribution in [1.82, 2.24) is 4.90 Å². The van der Waals surface area contributed by atoms with Crippen molar-refractivity contribution in [2.45, 2.75) is 70.2 Å². The summed E-state index contributed by atoms with van der Waals surface area (Å²) in [6.07, 6.45) is 3.85. The Hall–Kier alpha value is -2.12. The molecular weight excluding hydrogens is 396 g/mol. The maximum absolute atomic E-state index is 13.6. The van der Waals surface area contributed by atoms with Crippen molar-refractivity contribution in [3.05, 3.63) is 29.8 Å². The average molecular weight is 431 g/mol. The summed E-state index contributed by atoms with van der Waals surface area (Å²) < 4.78 is 17.1. The van der Waals surface area contributed by atoms with E-state index in [9.17, 15) is 9.59 Å². The highest BCUT2D eigenvalue weighted by atomic mass is 16.7. The Morgan fingerprint density at radius 2 is 1.94 bits per heavy atom. The lowest BCUT2D eigenvalue weighted by Gasteiger charge is -2.39. The number of para-hydroxylation sites is 1. The highest BCUT2D eigenvalue weighted by molar-refractivity contribution is 6.08. The lowest BCUT2D eigenvalue weighted by Crippen LogP contribution is -2.51. The molecule has 0 aromatic heterocycles. The quantitative estimate of drug-likeness (QED) is 0.726. The zero-order valence-electron chi connectivity index (χ0n) is 18.9. The van der Waals surface area contributed by atoms with Crippen molar-refractivity contribution < 1.29 is 23.8 Å². The molecule has 1 atom stereocenters. The number of nitrogens with zero attached hydrogens (tertiary/aromatic N) is 2. The largest absolute Gasteiger partial charge is 0.444 e. The van der Waals surface area contributed by atoms with Crippen molar-refractivity contribution in [1.29, 1.82) is 0 Å². The maximum atomic E-state index is 13.6. The van der Waals surface area contributed by atoms with Crippen molar-refractivity contribution in [2.75, 3.05) is 37.7 Å². The van der Waals surface area contributed by atoms with E-state index in [-0.39, 0.29) is 18.3 Å². The first-order chi connectivity index (χ1) is 14.8. The molecule has 1 unspecified atom stereocenters. The second kappa shape index (κ2) is 8.79. The van der Waals surface area contributed by atoms with E-state index in [1.165, 1.54) is 0 Å². The fraction of sp³-hybridized carbons (Fsp3) is 0.667. The van der Waals surface area contributed by atoms with Crippen LogP contribution in [0.1, 0.15) is 58.4 Å². The molecule has 1 aromatic carbocycles. The summed E-state index contributed by atoms with van der Waals surface area (Å²) in [6, 6.07) is 8.03. The molecule has 2 amide bonds. The van der Waals surface area contributed by atoms with Crippen LogP contribution >= 0.6 is 0 Å². The van der Waals surface area contributed by atoms with E-state index in [1.807, 2.05) is 43.9 Å². The number of piperidine rings is 1. The van der Waals surface area contributed by atoms with Crippen molar-refractivity contribution in [2.24, 2.45) is 0 Å². The number of anilines is 1. The van der Waals surface area contributed by atoms with E-state index in [4.69, 9.17) is 14.2 Å². The summed E-state index contributed by atoms with van der Waals surface area (Å²) in [4.78, 5) is 29.7. The van der Waals surface area contributed by atoms with E-state index < -0.39 is 11.0 Å². The van der Waals surface area contributed by atoms with Crippen LogP contribution in [0.3, 0.4) is 0 Å². The summed E-state index contributed by atoms with van der Waals surface area (Å²) in [5.41, 5.74) is 0.932. The molecule has 3 heterocycles. The van der Waals surface area contributed by atoms with Crippen molar-refractivity contribution in [3.63, 3.8) is 0 Å². The number of amides is 2. The van der Waals surface area contributed by atoms with Gasteiger partial charge in [0.2, 0.25) is 5.91 Å². The monoisotopic (exact) mass is 430 g/mol. The molecule has 0 saturated carbocycles. The third-order valence-corrected chi connectivity index (χ3v) is 6.39. The molecular formula is C24H34N2O5. The van der Waals surface area contributed by atoms with E-state index in [0.717, 1.165) is 37.1 Å². The number of hydrogen-bond acceptors (Lipinski definition) is 5. The van der Waals surface area contributed by atoms with Crippen molar-refractivity contribution in [3.8, 4) is 0 Å². The Kier molecular flexibility index (Phi) is 6.26. The molecule has 4 rings (SSSR count). The maximum Gasteiger partial charge on any atom is 0.410 e. The SMILES string of the molecule is CC(C)(C)OC(=O)N1CCC2(CC1)C(=O)N(CCOC1CCCCO1)c1ccccc12. The topological polar surface area (TPSA) is 68.3 Å². The second-order valence-corrected chi connectivity index (χ2v) is 9.69. The molecule has 2 fully saturated rings. The molecule has 7 heteroatoms. The summed E-state index contributed by atoms with van der Waals surface area (Å²) in [6.45, 7) is 8.32. The van der Waals surface area contributed by atoms with Gasteiger partial charge in [0.05, 0.1) is 12.0 Å². The van der Waals surface area contributed by atoms with Crippen LogP contribution in [0.4, 0.5) is 10.5 Å². The van der Waals surface area contributed by atoms with Crippen LogP contribution in [0.25, 0.3) is 0 Å². The Labute approximate surface area is 184 Å². The number of fused-ring (bicyclic) bond motifs is 2. The number of benzene rings is 1. The van der Waals surface area contributed by atoms with Crippen molar-refractivity contribution >= 4 is 17.7 Å². The highest BCUT2D eigenvalue weighted by Gasteiger charge is 2.52. The summed E-state index contributed by atoms with van der Waals surface area (Å²) in [5, 5.41) is 0. The van der Waals surface area contributed by atoms with Gasteiger partial charge in [0.1, 0.15) is 5.60 Å². The first-order valence-corrected chi connectivity index (χ1v) is 11.4. The fourth-order valence-electron chi connectivity index (χ4n) is 4.82. The summed E-state index contributed by atoms with van der Waals surface area (Å²) in [7, 11) is 0. The number of likely N-dealkylation sites (tertiary alicyclic amines) is 1. The van der Waals surface area contributed by atoms with Crippen LogP contribution in [0, 0.1) is 0 Å². The molecule has 1 aromatic rings. The first kappa shape index (κ1) is 22.1. The van der Waals surface area contributed by atoms with Crippen LogP contribution < -0.4 is 4.90 Å². The number of carbonyl (C=O) groups is 2. The molecule has 31 heavy (non-hydrogen) atoms. The third kappa shape index (κ3) is 4.58. The Morgan fingerprint density at radius 3 is 2.61 bits per heavy atom. The number of hydrogen-bond donors (Lipinski definition) is 0. The van der Waals surface area contributed by atoms with E-state index in [0.29, 0.717) is 39.1 Å². The van der Waals surface area contributed by atoms with Crippen LogP contribution in [-0.2, 0) is 24.4 Å². The lowest BCUT2D eigenvalue weighted by atomic mass is 9.74. The minimum Gasteiger partial charge on any atom is -0.444 e. The lowest BCUT2D eigenvalue weighted by molar-refractivity contribution is -0.161. The molecule has 3 aliphatic rings. The van der Waals surface area contributed by atoms with Gasteiger partial charge in [0.25, 0.3) is 0 Å². The molecule has 7 nitrogen and oxygen atoms in total. The third-order valence-electron chi connectivity index (χ3n) is 6.39. The van der Waals surface area contributed by atoms with Gasteiger partial charge in [-0.05, 0) is 64.5 Å². The molecule has 1 spiro atoms. The van der Waals surface area contributed by atoms with Gasteiger partial charge in [-0.25, -0.2) is 4.79 Å². The predicted octanol–water partition coefficient (Wildman–Crippen LogP) is 3.85. The minimum absolute atomic E-state index is 0.116. The second-order valence-electron chi connectivity index (χ2n) is 9.69. The average Bonchev–Trinajstić information content (AvgIpc) is 2.97. The summed E-state index contributed by atoms with van der Waals surface area (Å²) in [5.74, 6) is 0.116. The molecule has 3 aliphatic heterocycles. The van der Waals surface area contributed by atoms with Crippen LogP contribution in [0.15, 0.2) is 24.3 Å². The van der Waals surface area contributed by atoms with Gasteiger partial charge in [-0.1, -0.05) is 18.2 Å². The predicted molar refractivity (Wildman–Crippen MR) is 117 cm³/mol. The molecule has 0 aliphatic carbocycles. The zero-order valence-corrected chi connectivity index (χ0v) is 18.9. The first-order valence-electron chi connectivity index (χ1n) is 11.4. The van der Waals surface area contributed by atoms with Gasteiger partial charge >= 0.3 is 6.09 Å². The normalized spacial score (nSPS) is 23.2. The minimum atomic E-state index is -0.573. The molecule has 0 bridgehead atoms. The van der Waals surface area contributed by atoms with Gasteiger partial charge in [-0.2, -0.15) is 0 Å². The van der Waals surface area contributed by atoms with Crippen LogP contribution in [0.2, 0.25) is 0 Å². The van der Waals surface area contributed by atoms with Gasteiger partial charge in [-0.15, -0.1) is 0 Å². The Morgan fingerprint density at radius 1 is 1.19 bits per heavy atom. The molecule has 0 radical (unpaired) electrons. The van der Waals surface area contributed by atoms with E-state index in [2.05, 4.69) is 6.07 Å². The Bertz CT molecular complexity index is 804. The summed E-state index contributed by atoms with van der Waals surface area (Å²) >= 11 is 0. The van der Waals surface area contributed by atoms with E-state index >= 15 is 0 Å². The van der Waals surface area contributed by atoms with Crippen LogP contribution in [-0.4, -0.2) is 61.6 Å². The van der Waals surface area contributed by atoms with E-state index in [1.54, 1.807) is 4.90 Å². The standard InChI is InChI=1S/C24H34N2O5/c1-23(2,3)31-22(28)25-13-11-24(12-14-25)18-8-4-5-9-19(18)26(21(24)27)15-17-30-20-10-6-7-16-29-20/h4-5,8-9,20H,6-7,10-17H2,1-3H3. The highest BCUT2D eigenvalue weighted by Crippen LogP contribution is 2.47. The van der Waals surface area contributed by atoms with Gasteiger partial charge < -0.3 is 24.0 Å². The zero-order chi connectivity index (χ0) is 22.1. The molecule has 170 valence electrons. The van der Waals surface area contributed by atoms with Gasteiger partial charge in [0.15, 0.2) is 6.29 Å². The molecule has 2 saturated heterocycles. The van der Waals surface area contributed by atoms with Gasteiger partial charge in [-0.3, -0.25) is 4.79 Å². The Balaban J connectivity index is 1.43. The van der Waals surface area contributed by atoms with Gasteiger partial charge in [0, 0.05) is 31.9 Å².